The van der Waals surface area contributed by atoms with Crippen LogP contribution in [0.15, 0.2) is 17.0 Å². The van der Waals surface area contributed by atoms with Crippen molar-refractivity contribution in [1.29, 1.82) is 0 Å². The van der Waals surface area contributed by atoms with Gasteiger partial charge >= 0.3 is 5.97 Å². The highest BCUT2D eigenvalue weighted by Gasteiger charge is 2.20. The Bertz CT molecular complexity index is 585. The van der Waals surface area contributed by atoms with E-state index < -0.39 is 25.7 Å². The Kier molecular flexibility index (Phi) is 5.28. The van der Waals surface area contributed by atoms with Crippen LogP contribution in [0.2, 0.25) is 0 Å². The predicted molar refractivity (Wildman–Crippen MR) is 66.3 cm³/mol. The van der Waals surface area contributed by atoms with Crippen LogP contribution >= 0.6 is 10.7 Å². The number of ether oxygens (including phenoxy) is 2. The van der Waals surface area contributed by atoms with Gasteiger partial charge in [0.2, 0.25) is 0 Å². The Hall–Kier alpha value is -1.18. The number of esters is 1. The molecule has 0 unspecified atom stereocenters. The van der Waals surface area contributed by atoms with E-state index in [-0.39, 0.29) is 24.3 Å². The first-order chi connectivity index (χ1) is 8.77. The summed E-state index contributed by atoms with van der Waals surface area (Å²) in [6.07, 6.45) is 0. The molecule has 0 saturated carbocycles. The number of hydrogen-bond donors (Lipinski definition) is 0. The highest BCUT2D eigenvalue weighted by Crippen LogP contribution is 2.24. The van der Waals surface area contributed by atoms with Crippen molar-refractivity contribution in [3.63, 3.8) is 0 Å². The van der Waals surface area contributed by atoms with Gasteiger partial charge in [-0.05, 0) is 19.1 Å². The molecule has 8 heteroatoms. The molecule has 0 aliphatic rings. The molecular weight excluding hydrogens is 299 g/mol. The lowest BCUT2D eigenvalue weighted by Gasteiger charge is -2.08. The van der Waals surface area contributed by atoms with E-state index in [2.05, 4.69) is 4.74 Å². The predicted octanol–water partition coefficient (Wildman–Crippen LogP) is 1.86. The highest BCUT2D eigenvalue weighted by atomic mass is 35.7. The van der Waals surface area contributed by atoms with E-state index in [9.17, 15) is 17.6 Å². The van der Waals surface area contributed by atoms with Crippen molar-refractivity contribution in [2.45, 2.75) is 11.8 Å². The van der Waals surface area contributed by atoms with Gasteiger partial charge in [-0.1, -0.05) is 0 Å². The van der Waals surface area contributed by atoms with Gasteiger partial charge in [0, 0.05) is 23.4 Å². The topological polar surface area (TPSA) is 69.7 Å². The molecule has 0 spiro atoms. The average molecular weight is 311 g/mol. The van der Waals surface area contributed by atoms with Gasteiger partial charge in [-0.15, -0.1) is 0 Å². The van der Waals surface area contributed by atoms with E-state index in [0.717, 1.165) is 12.1 Å². The summed E-state index contributed by atoms with van der Waals surface area (Å²) in [6.45, 7) is 1.42. The van der Waals surface area contributed by atoms with E-state index >= 15 is 0 Å². The van der Waals surface area contributed by atoms with E-state index in [1.807, 2.05) is 0 Å². The molecule has 0 amide bonds. The summed E-state index contributed by atoms with van der Waals surface area (Å²) in [7, 11) is 2.46. The first kappa shape index (κ1) is 15.9. The Morgan fingerprint density at radius 1 is 1.37 bits per heavy atom. The van der Waals surface area contributed by atoms with Crippen LogP contribution in [0.4, 0.5) is 4.39 Å². The molecule has 0 aliphatic heterocycles. The third kappa shape index (κ3) is 4.15. The molecule has 0 aliphatic carbocycles. The molecule has 0 heterocycles. The molecule has 19 heavy (non-hydrogen) atoms. The van der Waals surface area contributed by atoms with Gasteiger partial charge < -0.3 is 9.47 Å². The number of carbonyl (C=O) groups excluding carboxylic acids is 1. The summed E-state index contributed by atoms with van der Waals surface area (Å²) in [5, 5.41) is 0. The van der Waals surface area contributed by atoms with Crippen molar-refractivity contribution < 1.29 is 27.1 Å². The summed E-state index contributed by atoms with van der Waals surface area (Å²) in [5.41, 5.74) is -0.373. The van der Waals surface area contributed by atoms with Gasteiger partial charge in [0.05, 0.1) is 17.1 Å². The van der Waals surface area contributed by atoms with Crippen molar-refractivity contribution in [3.8, 4) is 0 Å². The van der Waals surface area contributed by atoms with Gasteiger partial charge in [0.25, 0.3) is 9.05 Å². The molecule has 0 saturated heterocycles. The Balaban J connectivity index is 3.11. The lowest BCUT2D eigenvalue weighted by Crippen LogP contribution is -2.11. The molecule has 0 radical (unpaired) electrons. The first-order valence-corrected chi connectivity index (χ1v) is 7.49. The molecule has 106 valence electrons. The van der Waals surface area contributed by atoms with Gasteiger partial charge in [-0.3, -0.25) is 0 Å². The smallest absolute Gasteiger partial charge is 0.338 e. The Morgan fingerprint density at radius 2 is 2.00 bits per heavy atom. The average Bonchev–Trinajstić information content (AvgIpc) is 2.31. The van der Waals surface area contributed by atoms with Crippen LogP contribution in [0.1, 0.15) is 15.9 Å². The third-order valence-electron chi connectivity index (χ3n) is 2.32. The molecule has 0 N–H and O–H groups in total. The number of benzene rings is 1. The molecule has 0 fully saturated rings. The van der Waals surface area contributed by atoms with Crippen molar-refractivity contribution in [3.05, 3.63) is 29.1 Å². The number of carbonyl (C=O) groups is 1. The maximum atomic E-state index is 13.6. The number of hydrogen-bond acceptors (Lipinski definition) is 5. The van der Waals surface area contributed by atoms with Crippen LogP contribution in [0.5, 0.6) is 0 Å². The van der Waals surface area contributed by atoms with Crippen LogP contribution in [-0.2, 0) is 18.5 Å². The Morgan fingerprint density at radius 3 is 2.53 bits per heavy atom. The zero-order chi connectivity index (χ0) is 14.6. The van der Waals surface area contributed by atoms with Crippen LogP contribution < -0.4 is 0 Å². The minimum Gasteiger partial charge on any atom is -0.460 e. The SMILES string of the molecule is COCCOC(=O)c1cc(F)c(C)c(S(=O)(=O)Cl)c1. The van der Waals surface area contributed by atoms with E-state index in [4.69, 9.17) is 15.4 Å². The van der Waals surface area contributed by atoms with Crippen molar-refractivity contribution in [2.75, 3.05) is 20.3 Å². The molecular formula is C11H12ClFO5S. The number of halogens is 2. The molecule has 0 atom stereocenters. The second-order valence-electron chi connectivity index (χ2n) is 3.65. The van der Waals surface area contributed by atoms with Gasteiger partial charge in [0.1, 0.15) is 12.4 Å². The standard InChI is InChI=1S/C11H12ClFO5S/c1-7-9(13)5-8(6-10(7)19(12,15)16)11(14)18-4-3-17-2/h5-6H,3-4H2,1-2H3. The molecule has 5 nitrogen and oxygen atoms in total. The molecule has 0 bridgehead atoms. The van der Waals surface area contributed by atoms with Crippen molar-refractivity contribution in [2.24, 2.45) is 0 Å². The zero-order valence-electron chi connectivity index (χ0n) is 10.3. The van der Waals surface area contributed by atoms with Crippen molar-refractivity contribution in [1.82, 2.24) is 0 Å². The van der Waals surface area contributed by atoms with Crippen LogP contribution in [0.3, 0.4) is 0 Å². The van der Waals surface area contributed by atoms with E-state index in [1.165, 1.54) is 14.0 Å². The minimum absolute atomic E-state index is 0.0201. The van der Waals surface area contributed by atoms with E-state index in [1.54, 1.807) is 0 Å². The Labute approximate surface area is 114 Å². The zero-order valence-corrected chi connectivity index (χ0v) is 11.8. The lowest BCUT2D eigenvalue weighted by atomic mass is 10.1. The fourth-order valence-corrected chi connectivity index (χ4v) is 2.54. The fourth-order valence-electron chi connectivity index (χ4n) is 1.33. The molecule has 0 aromatic heterocycles. The second-order valence-corrected chi connectivity index (χ2v) is 6.18. The monoisotopic (exact) mass is 310 g/mol. The summed E-state index contributed by atoms with van der Waals surface area (Å²) >= 11 is 0. The second kappa shape index (κ2) is 6.31. The van der Waals surface area contributed by atoms with Crippen LogP contribution in [-0.4, -0.2) is 34.7 Å². The maximum Gasteiger partial charge on any atom is 0.338 e. The fraction of sp³-hybridized carbons (Fsp3) is 0.364. The first-order valence-electron chi connectivity index (χ1n) is 5.18. The molecule has 1 aromatic carbocycles. The van der Waals surface area contributed by atoms with Crippen LogP contribution in [0.25, 0.3) is 0 Å². The summed E-state index contributed by atoms with van der Waals surface area (Å²) < 4.78 is 45.5. The largest absolute Gasteiger partial charge is 0.460 e. The van der Waals surface area contributed by atoms with Gasteiger partial charge in [-0.25, -0.2) is 17.6 Å². The summed E-state index contributed by atoms with van der Waals surface area (Å²) in [6, 6.07) is 1.88. The summed E-state index contributed by atoms with van der Waals surface area (Å²) in [5.74, 6) is -1.70. The van der Waals surface area contributed by atoms with E-state index in [0.29, 0.717) is 0 Å². The lowest BCUT2D eigenvalue weighted by molar-refractivity contribution is 0.0387. The number of rotatable bonds is 5. The quantitative estimate of drug-likeness (QED) is 0.472. The maximum absolute atomic E-state index is 13.6. The highest BCUT2D eigenvalue weighted by molar-refractivity contribution is 8.13. The van der Waals surface area contributed by atoms with Gasteiger partial charge in [0.15, 0.2) is 0 Å². The summed E-state index contributed by atoms with van der Waals surface area (Å²) in [4.78, 5) is 11.1. The molecule has 1 aromatic rings. The normalized spacial score (nSPS) is 11.4. The third-order valence-corrected chi connectivity index (χ3v) is 3.76. The number of methoxy groups -OCH3 is 1. The van der Waals surface area contributed by atoms with Crippen LogP contribution in [0, 0.1) is 12.7 Å². The minimum atomic E-state index is -4.14. The molecule has 1 rings (SSSR count). The van der Waals surface area contributed by atoms with Gasteiger partial charge in [-0.2, -0.15) is 0 Å². The van der Waals surface area contributed by atoms with Crippen molar-refractivity contribution >= 4 is 25.7 Å².